The van der Waals surface area contributed by atoms with Crippen LogP contribution >= 0.6 is 0 Å². The Bertz CT molecular complexity index is 499. The van der Waals surface area contributed by atoms with Gasteiger partial charge >= 0.3 is 0 Å². The quantitative estimate of drug-likeness (QED) is 0.511. The molecule has 100 valence electrons. The molecule has 0 aromatic carbocycles. The van der Waals surface area contributed by atoms with Crippen LogP contribution in [-0.4, -0.2) is 49.9 Å². The Kier molecular flexibility index (Phi) is 3.40. The molecular weight excluding hydrogens is 242 g/mol. The van der Waals surface area contributed by atoms with Gasteiger partial charge in [0.05, 0.1) is 12.3 Å². The maximum absolute atomic E-state index is 11.2. The summed E-state index contributed by atoms with van der Waals surface area (Å²) < 4.78 is 6.64. The van der Waals surface area contributed by atoms with E-state index in [1.165, 1.54) is 17.7 Å². The third kappa shape index (κ3) is 1.91. The molecule has 1 aliphatic rings. The minimum absolute atomic E-state index is 0.220. The van der Waals surface area contributed by atoms with E-state index in [1.54, 1.807) is 0 Å². The summed E-state index contributed by atoms with van der Waals surface area (Å²) in [4.78, 5) is 11.2. The molecule has 2 heterocycles. The monoisotopic (exact) mass is 257 g/mol. The first kappa shape index (κ1) is 13.0. The number of rotatable bonds is 2. The van der Waals surface area contributed by atoms with Crippen LogP contribution in [-0.2, 0) is 4.74 Å². The summed E-state index contributed by atoms with van der Waals surface area (Å²) in [6.45, 7) is 1.06. The predicted molar refractivity (Wildman–Crippen MR) is 60.1 cm³/mol. The van der Waals surface area contributed by atoms with E-state index in [0.29, 0.717) is 0 Å². The summed E-state index contributed by atoms with van der Waals surface area (Å²) in [6, 6.07) is 1.14. The van der Waals surface area contributed by atoms with E-state index in [0.717, 1.165) is 6.07 Å². The number of pyridine rings is 1. The van der Waals surface area contributed by atoms with E-state index in [4.69, 9.17) is 9.84 Å². The minimum Gasteiger partial charge on any atom is -0.503 e. The summed E-state index contributed by atoms with van der Waals surface area (Å²) in [7, 11) is 0. The molecule has 2 rings (SSSR count). The standard InChI is InChI=1S/C11H15NO6/c1-5-8(15)6(14)2-3-12(5)11-10(17)9(16)7(4-13)18-11/h2-3,7,9-11,13,15-17H,4H2,1H3/t7-,9+,10+,11+/m0/s1. The predicted octanol–water partition coefficient (Wildman–Crippen LogP) is -1.53. The highest BCUT2D eigenvalue weighted by Gasteiger charge is 2.43. The molecule has 0 amide bonds. The summed E-state index contributed by atoms with van der Waals surface area (Å²) in [5, 5.41) is 38.0. The molecule has 0 unspecified atom stereocenters. The third-order valence-electron chi connectivity index (χ3n) is 3.14. The van der Waals surface area contributed by atoms with Gasteiger partial charge in [0.1, 0.15) is 18.3 Å². The molecule has 1 aliphatic heterocycles. The lowest BCUT2D eigenvalue weighted by Gasteiger charge is -2.21. The number of nitrogens with zero attached hydrogens (tertiary/aromatic N) is 1. The molecule has 18 heavy (non-hydrogen) atoms. The van der Waals surface area contributed by atoms with Crippen LogP contribution in [0.2, 0.25) is 0 Å². The highest BCUT2D eigenvalue weighted by Crippen LogP contribution is 2.30. The molecular formula is C11H15NO6. The van der Waals surface area contributed by atoms with Crippen molar-refractivity contribution in [2.45, 2.75) is 31.5 Å². The van der Waals surface area contributed by atoms with Gasteiger partial charge in [-0.1, -0.05) is 0 Å². The van der Waals surface area contributed by atoms with Gasteiger partial charge < -0.3 is 29.7 Å². The number of aliphatic hydroxyl groups is 3. The number of aromatic nitrogens is 1. The normalized spacial score (nSPS) is 31.8. The number of ether oxygens (including phenoxy) is 1. The topological polar surface area (TPSA) is 112 Å². The third-order valence-corrected chi connectivity index (χ3v) is 3.14. The summed E-state index contributed by atoms with van der Waals surface area (Å²) in [6.07, 6.45) is -2.96. The zero-order valence-corrected chi connectivity index (χ0v) is 9.72. The number of aromatic hydroxyl groups is 1. The molecule has 0 radical (unpaired) electrons. The fourth-order valence-corrected chi connectivity index (χ4v) is 2.02. The van der Waals surface area contributed by atoms with Gasteiger partial charge in [0.2, 0.25) is 5.43 Å². The van der Waals surface area contributed by atoms with Gasteiger partial charge in [-0.15, -0.1) is 0 Å². The Morgan fingerprint density at radius 2 is 2.06 bits per heavy atom. The van der Waals surface area contributed by atoms with Crippen LogP contribution < -0.4 is 5.43 Å². The molecule has 1 aromatic heterocycles. The summed E-state index contributed by atoms with van der Waals surface area (Å²) >= 11 is 0. The first-order valence-corrected chi connectivity index (χ1v) is 5.50. The van der Waals surface area contributed by atoms with Crippen molar-refractivity contribution in [3.8, 4) is 5.75 Å². The zero-order chi connectivity index (χ0) is 13.4. The lowest BCUT2D eigenvalue weighted by Crippen LogP contribution is -2.33. The van der Waals surface area contributed by atoms with Crippen molar-refractivity contribution in [1.29, 1.82) is 0 Å². The Morgan fingerprint density at radius 1 is 1.39 bits per heavy atom. The molecule has 1 saturated heterocycles. The largest absolute Gasteiger partial charge is 0.503 e. The fourth-order valence-electron chi connectivity index (χ4n) is 2.02. The Labute approximate surface area is 102 Å². The van der Waals surface area contributed by atoms with Crippen molar-refractivity contribution < 1.29 is 25.2 Å². The summed E-state index contributed by atoms with van der Waals surface area (Å²) in [5.74, 6) is -0.435. The lowest BCUT2D eigenvalue weighted by atomic mass is 10.1. The molecule has 4 N–H and O–H groups in total. The SMILES string of the molecule is Cc1c(O)c(=O)ccn1[C@@H]1O[C@@H](CO)[C@@H](O)[C@H]1O. The van der Waals surface area contributed by atoms with Gasteiger partial charge in [0.15, 0.2) is 12.0 Å². The van der Waals surface area contributed by atoms with Crippen LogP contribution in [0, 0.1) is 6.92 Å². The van der Waals surface area contributed by atoms with Crippen LogP contribution in [0.3, 0.4) is 0 Å². The number of hydrogen-bond acceptors (Lipinski definition) is 6. The molecule has 1 fully saturated rings. The maximum Gasteiger partial charge on any atom is 0.223 e. The van der Waals surface area contributed by atoms with Crippen LogP contribution in [0.1, 0.15) is 11.9 Å². The molecule has 7 heteroatoms. The van der Waals surface area contributed by atoms with E-state index in [-0.39, 0.29) is 5.69 Å². The molecule has 0 saturated carbocycles. The first-order chi connectivity index (χ1) is 8.47. The van der Waals surface area contributed by atoms with E-state index in [1.807, 2.05) is 0 Å². The molecule has 0 bridgehead atoms. The van der Waals surface area contributed by atoms with Gasteiger partial charge in [-0.3, -0.25) is 4.79 Å². The van der Waals surface area contributed by atoms with Crippen LogP contribution in [0.5, 0.6) is 5.75 Å². The summed E-state index contributed by atoms with van der Waals surface area (Å²) in [5.41, 5.74) is -0.312. The van der Waals surface area contributed by atoms with Crippen molar-refractivity contribution in [2.75, 3.05) is 6.61 Å². The van der Waals surface area contributed by atoms with Crippen LogP contribution in [0.25, 0.3) is 0 Å². The molecule has 7 nitrogen and oxygen atoms in total. The second kappa shape index (κ2) is 4.69. The van der Waals surface area contributed by atoms with Crippen molar-refractivity contribution in [3.05, 3.63) is 28.2 Å². The lowest BCUT2D eigenvalue weighted by molar-refractivity contribution is -0.0541. The maximum atomic E-state index is 11.2. The first-order valence-electron chi connectivity index (χ1n) is 5.50. The molecule has 0 spiro atoms. The van der Waals surface area contributed by atoms with Crippen LogP contribution in [0.4, 0.5) is 0 Å². The zero-order valence-electron chi connectivity index (χ0n) is 9.72. The van der Waals surface area contributed by atoms with E-state index in [9.17, 15) is 20.1 Å². The Hall–Kier alpha value is -1.41. The van der Waals surface area contributed by atoms with Gasteiger partial charge in [-0.25, -0.2) is 0 Å². The van der Waals surface area contributed by atoms with Crippen LogP contribution in [0.15, 0.2) is 17.1 Å². The van der Waals surface area contributed by atoms with Gasteiger partial charge in [0.25, 0.3) is 0 Å². The van der Waals surface area contributed by atoms with Gasteiger partial charge in [-0.05, 0) is 6.92 Å². The van der Waals surface area contributed by atoms with Crippen molar-refractivity contribution in [3.63, 3.8) is 0 Å². The van der Waals surface area contributed by atoms with E-state index in [2.05, 4.69) is 0 Å². The Balaban J connectivity index is 2.39. The molecule has 1 aromatic rings. The second-order valence-electron chi connectivity index (χ2n) is 4.25. The second-order valence-corrected chi connectivity index (χ2v) is 4.25. The average Bonchev–Trinajstić information content (AvgIpc) is 2.64. The highest BCUT2D eigenvalue weighted by molar-refractivity contribution is 5.25. The minimum atomic E-state index is -1.25. The van der Waals surface area contributed by atoms with Crippen molar-refractivity contribution >= 4 is 0 Å². The van der Waals surface area contributed by atoms with Crippen molar-refractivity contribution in [2.24, 2.45) is 0 Å². The average molecular weight is 257 g/mol. The smallest absolute Gasteiger partial charge is 0.223 e. The number of hydrogen-bond donors (Lipinski definition) is 4. The van der Waals surface area contributed by atoms with Crippen molar-refractivity contribution in [1.82, 2.24) is 4.57 Å². The molecule has 4 atom stereocenters. The fraction of sp³-hybridized carbons (Fsp3) is 0.545. The number of aliphatic hydroxyl groups excluding tert-OH is 3. The molecule has 0 aliphatic carbocycles. The van der Waals surface area contributed by atoms with E-state index < -0.39 is 42.3 Å². The van der Waals surface area contributed by atoms with Gasteiger partial charge in [-0.2, -0.15) is 0 Å². The van der Waals surface area contributed by atoms with E-state index >= 15 is 0 Å². The Morgan fingerprint density at radius 3 is 2.61 bits per heavy atom. The van der Waals surface area contributed by atoms with Gasteiger partial charge in [0, 0.05) is 12.3 Å². The highest BCUT2D eigenvalue weighted by atomic mass is 16.6.